The first-order valence-electron chi connectivity index (χ1n) is 13.5. The molecule has 1 aromatic carbocycles. The molecule has 5 heterocycles. The Kier molecular flexibility index (Phi) is 7.08. The number of halogens is 1. The number of hydrogen-bond acceptors (Lipinski definition) is 9. The number of aromatic nitrogens is 4. The largest absolute Gasteiger partial charge is 0.352 e. The van der Waals surface area contributed by atoms with Crippen LogP contribution in [0.2, 0.25) is 0 Å². The van der Waals surface area contributed by atoms with Crippen molar-refractivity contribution >= 4 is 39.7 Å². The molecule has 2 saturated heterocycles. The summed E-state index contributed by atoms with van der Waals surface area (Å²) in [5, 5.41) is 10.4. The Morgan fingerprint density at radius 2 is 1.88 bits per heavy atom. The van der Waals surface area contributed by atoms with Crippen LogP contribution in [0.3, 0.4) is 0 Å². The molecule has 0 radical (unpaired) electrons. The molecule has 2 fully saturated rings. The van der Waals surface area contributed by atoms with Gasteiger partial charge < -0.3 is 14.7 Å². The number of rotatable bonds is 7. The molecule has 0 saturated carbocycles. The third-order valence-electron chi connectivity index (χ3n) is 7.58. The van der Waals surface area contributed by atoms with Crippen LogP contribution in [0.5, 0.6) is 0 Å². The maximum absolute atomic E-state index is 13.5. The van der Waals surface area contributed by atoms with Crippen molar-refractivity contribution in [2.75, 3.05) is 62.7 Å². The predicted molar refractivity (Wildman–Crippen MR) is 153 cm³/mol. The van der Waals surface area contributed by atoms with Gasteiger partial charge in [0.2, 0.25) is 5.91 Å². The lowest BCUT2D eigenvalue weighted by molar-refractivity contribution is -0.133. The maximum Gasteiger partial charge on any atom is 0.236 e. The molecule has 2 aliphatic heterocycles. The highest BCUT2D eigenvalue weighted by Crippen LogP contribution is 2.37. The van der Waals surface area contributed by atoms with Gasteiger partial charge in [-0.05, 0) is 50.2 Å². The zero-order valence-electron chi connectivity index (χ0n) is 22.5. The summed E-state index contributed by atoms with van der Waals surface area (Å²) in [5.74, 6) is 1.54. The van der Waals surface area contributed by atoms with E-state index in [4.69, 9.17) is 15.0 Å². The number of nitrogens with zero attached hydrogens (tertiary/aromatic N) is 9. The molecule has 6 rings (SSSR count). The number of imidazole rings is 1. The van der Waals surface area contributed by atoms with E-state index < -0.39 is 0 Å². The number of likely N-dealkylation sites (tertiary alicyclic amines) is 1. The summed E-state index contributed by atoms with van der Waals surface area (Å²) in [4.78, 5) is 35.7. The molecular formula is C28H30FN9OS. The van der Waals surface area contributed by atoms with Gasteiger partial charge >= 0.3 is 0 Å². The van der Waals surface area contributed by atoms with E-state index >= 15 is 0 Å². The standard InChI is InChI=1S/C28H30FN9OS/c1-3-21-27(34(2)28-33-26(22(15-30)40-28)19-5-7-20(29)8-6-19)38-17-24(31-16-23(38)32-21)36-11-13-37(14-12-36)25(39)18-35-9-4-10-35/h5-8,16-17H,3-4,9-14,18H2,1-2H3. The van der Waals surface area contributed by atoms with E-state index in [1.165, 1.54) is 29.9 Å². The number of anilines is 3. The van der Waals surface area contributed by atoms with Crippen molar-refractivity contribution in [3.05, 3.63) is 53.0 Å². The average Bonchev–Trinajstić information content (AvgIpc) is 3.56. The monoisotopic (exact) mass is 559 g/mol. The Morgan fingerprint density at radius 1 is 1.12 bits per heavy atom. The fourth-order valence-corrected chi connectivity index (χ4v) is 6.02. The van der Waals surface area contributed by atoms with Gasteiger partial charge in [0.1, 0.15) is 34.1 Å². The molecule has 2 aliphatic rings. The van der Waals surface area contributed by atoms with Crippen molar-refractivity contribution in [2.24, 2.45) is 0 Å². The summed E-state index contributed by atoms with van der Waals surface area (Å²) in [5.41, 5.74) is 2.84. The number of benzene rings is 1. The second-order valence-electron chi connectivity index (χ2n) is 10.1. The van der Waals surface area contributed by atoms with Crippen molar-refractivity contribution in [1.29, 1.82) is 5.26 Å². The Morgan fingerprint density at radius 3 is 2.52 bits per heavy atom. The molecule has 0 aliphatic carbocycles. The van der Waals surface area contributed by atoms with Crippen molar-refractivity contribution in [1.82, 2.24) is 29.2 Å². The Balaban J connectivity index is 1.26. The molecule has 206 valence electrons. The summed E-state index contributed by atoms with van der Waals surface area (Å²) in [6.45, 7) is 7.37. The number of piperazine rings is 1. The van der Waals surface area contributed by atoms with Crippen LogP contribution in [0.1, 0.15) is 23.9 Å². The molecule has 40 heavy (non-hydrogen) atoms. The minimum atomic E-state index is -0.336. The highest BCUT2D eigenvalue weighted by atomic mass is 32.1. The van der Waals surface area contributed by atoms with Gasteiger partial charge in [-0.3, -0.25) is 14.1 Å². The lowest BCUT2D eigenvalue weighted by Crippen LogP contribution is -2.53. The Hall–Kier alpha value is -4.08. The molecule has 10 nitrogen and oxygen atoms in total. The third kappa shape index (κ3) is 4.87. The summed E-state index contributed by atoms with van der Waals surface area (Å²) in [6.07, 6.45) is 5.65. The topological polar surface area (TPSA) is 96.9 Å². The van der Waals surface area contributed by atoms with Gasteiger partial charge in [-0.2, -0.15) is 5.26 Å². The Labute approximate surface area is 235 Å². The first-order valence-corrected chi connectivity index (χ1v) is 14.3. The number of hydrogen-bond donors (Lipinski definition) is 0. The lowest BCUT2D eigenvalue weighted by Gasteiger charge is -2.37. The van der Waals surface area contributed by atoms with Gasteiger partial charge in [0, 0.05) is 38.8 Å². The Bertz CT molecular complexity index is 1580. The first kappa shape index (κ1) is 26.2. The zero-order chi connectivity index (χ0) is 27.8. The van der Waals surface area contributed by atoms with Crippen molar-refractivity contribution in [2.45, 2.75) is 19.8 Å². The van der Waals surface area contributed by atoms with Gasteiger partial charge in [0.25, 0.3) is 0 Å². The SMILES string of the molecule is CCc1nc2cnc(N3CCN(C(=O)CN4CCC4)CC3)cn2c1N(C)c1nc(-c2ccc(F)cc2)c(C#N)s1. The summed E-state index contributed by atoms with van der Waals surface area (Å²) in [6, 6.07) is 8.25. The van der Waals surface area contributed by atoms with E-state index in [1.54, 1.807) is 18.3 Å². The minimum Gasteiger partial charge on any atom is -0.352 e. The molecule has 4 aromatic rings. The zero-order valence-corrected chi connectivity index (χ0v) is 23.4. The smallest absolute Gasteiger partial charge is 0.236 e. The third-order valence-corrected chi connectivity index (χ3v) is 8.61. The number of carbonyl (C=O) groups excluding carboxylic acids is 1. The number of fused-ring (bicyclic) bond motifs is 1. The number of amides is 1. The van der Waals surface area contributed by atoms with Crippen LogP contribution in [0, 0.1) is 17.1 Å². The van der Waals surface area contributed by atoms with Crippen molar-refractivity contribution in [3.63, 3.8) is 0 Å². The van der Waals surface area contributed by atoms with Crippen LogP contribution >= 0.6 is 11.3 Å². The quantitative estimate of drug-likeness (QED) is 0.339. The van der Waals surface area contributed by atoms with E-state index in [9.17, 15) is 14.4 Å². The van der Waals surface area contributed by atoms with Crippen molar-refractivity contribution < 1.29 is 9.18 Å². The molecule has 0 bridgehead atoms. The number of carbonyl (C=O) groups is 1. The minimum absolute atomic E-state index is 0.203. The van der Waals surface area contributed by atoms with E-state index in [2.05, 4.69) is 22.8 Å². The lowest BCUT2D eigenvalue weighted by atomic mass is 10.1. The average molecular weight is 560 g/mol. The molecule has 0 spiro atoms. The van der Waals surface area contributed by atoms with Crippen LogP contribution in [-0.4, -0.2) is 87.9 Å². The molecule has 1 amide bonds. The van der Waals surface area contributed by atoms with Crippen LogP contribution in [-0.2, 0) is 11.2 Å². The van der Waals surface area contributed by atoms with E-state index in [-0.39, 0.29) is 11.7 Å². The summed E-state index contributed by atoms with van der Waals surface area (Å²) >= 11 is 1.29. The van der Waals surface area contributed by atoms with Gasteiger partial charge in [-0.25, -0.2) is 19.3 Å². The number of nitriles is 1. The van der Waals surface area contributed by atoms with Gasteiger partial charge in [0.15, 0.2) is 10.8 Å². The highest BCUT2D eigenvalue weighted by molar-refractivity contribution is 7.16. The van der Waals surface area contributed by atoms with Crippen molar-refractivity contribution in [3.8, 4) is 17.3 Å². The maximum atomic E-state index is 13.5. The van der Waals surface area contributed by atoms with Gasteiger partial charge in [0.05, 0.1) is 24.6 Å². The normalized spacial score (nSPS) is 15.8. The predicted octanol–water partition coefficient (Wildman–Crippen LogP) is 3.55. The van der Waals surface area contributed by atoms with Gasteiger partial charge in [-0.15, -0.1) is 0 Å². The first-order chi connectivity index (χ1) is 19.4. The van der Waals surface area contributed by atoms with E-state index in [0.717, 1.165) is 36.1 Å². The highest BCUT2D eigenvalue weighted by Gasteiger charge is 2.27. The van der Waals surface area contributed by atoms with Crippen LogP contribution < -0.4 is 9.80 Å². The summed E-state index contributed by atoms with van der Waals surface area (Å²) < 4.78 is 15.5. The molecule has 3 aromatic heterocycles. The molecule has 0 unspecified atom stereocenters. The van der Waals surface area contributed by atoms with E-state index in [1.807, 2.05) is 27.4 Å². The fraction of sp³-hybridized carbons (Fsp3) is 0.393. The second kappa shape index (κ2) is 10.8. The van der Waals surface area contributed by atoms with Crippen LogP contribution in [0.25, 0.3) is 16.9 Å². The molecule has 0 N–H and O–H groups in total. The van der Waals surface area contributed by atoms with Crippen LogP contribution in [0.15, 0.2) is 36.7 Å². The molecular weight excluding hydrogens is 529 g/mol. The van der Waals surface area contributed by atoms with E-state index in [0.29, 0.717) is 60.4 Å². The van der Waals surface area contributed by atoms with Crippen LogP contribution in [0.4, 0.5) is 21.2 Å². The second-order valence-corrected chi connectivity index (χ2v) is 11.0. The molecule has 12 heteroatoms. The molecule has 0 atom stereocenters. The summed E-state index contributed by atoms with van der Waals surface area (Å²) in [7, 11) is 1.92. The fourth-order valence-electron chi connectivity index (χ4n) is 5.17. The number of thiazole rings is 1. The number of aryl methyl sites for hydroxylation is 1. The van der Waals surface area contributed by atoms with Gasteiger partial charge in [-0.1, -0.05) is 18.3 Å².